The molecule has 6 nitrogen and oxygen atoms in total. The third-order valence-corrected chi connectivity index (χ3v) is 2.24. The topological polar surface area (TPSA) is 94.5 Å². The van der Waals surface area contributed by atoms with Crippen molar-refractivity contribution in [2.75, 3.05) is 0 Å². The fourth-order valence-electron chi connectivity index (χ4n) is 1.21. The highest BCUT2D eigenvalue weighted by atomic mass is 16.2. The molecule has 2 N–H and O–H groups in total. The number of hydrogen-bond acceptors (Lipinski definition) is 4. The molecule has 1 amide bonds. The van der Waals surface area contributed by atoms with E-state index in [9.17, 15) is 4.79 Å². The van der Waals surface area contributed by atoms with Gasteiger partial charge in [0.2, 0.25) is 5.82 Å². The molecule has 0 fully saturated rings. The minimum Gasteiger partial charge on any atom is -0.345 e. The van der Waals surface area contributed by atoms with Gasteiger partial charge >= 0.3 is 0 Å². The van der Waals surface area contributed by atoms with Crippen molar-refractivity contribution >= 4 is 5.91 Å². The second kappa shape index (κ2) is 5.85. The molecular formula is C10H15N5O. The molecule has 0 spiro atoms. The lowest BCUT2D eigenvalue weighted by Crippen LogP contribution is -2.34. The van der Waals surface area contributed by atoms with Crippen LogP contribution in [0.25, 0.3) is 0 Å². The quantitative estimate of drug-likeness (QED) is 0.768. The van der Waals surface area contributed by atoms with E-state index >= 15 is 0 Å². The Morgan fingerprint density at radius 3 is 2.88 bits per heavy atom. The molecule has 6 heteroatoms. The van der Waals surface area contributed by atoms with Crippen LogP contribution < -0.4 is 5.32 Å². The largest absolute Gasteiger partial charge is 0.345 e. The van der Waals surface area contributed by atoms with Gasteiger partial charge in [-0.2, -0.15) is 5.26 Å². The molecule has 1 heterocycles. The number of carbonyl (C=O) groups is 1. The lowest BCUT2D eigenvalue weighted by Gasteiger charge is -2.11. The highest BCUT2D eigenvalue weighted by molar-refractivity contribution is 5.90. The van der Waals surface area contributed by atoms with E-state index in [0.29, 0.717) is 25.1 Å². The zero-order valence-electron chi connectivity index (χ0n) is 9.45. The van der Waals surface area contributed by atoms with Crippen LogP contribution in [0.2, 0.25) is 0 Å². The summed E-state index contributed by atoms with van der Waals surface area (Å²) in [6.45, 7) is 3.84. The molecule has 0 aliphatic heterocycles. The van der Waals surface area contributed by atoms with Gasteiger partial charge in [-0.1, -0.05) is 13.8 Å². The molecule has 0 saturated heterocycles. The Morgan fingerprint density at radius 2 is 2.38 bits per heavy atom. The Bertz CT molecular complexity index is 392. The summed E-state index contributed by atoms with van der Waals surface area (Å²) in [6, 6.07) is 1.89. The van der Waals surface area contributed by atoms with Crippen LogP contribution in [0, 0.1) is 11.3 Å². The highest BCUT2D eigenvalue weighted by Gasteiger charge is 2.15. The summed E-state index contributed by atoms with van der Waals surface area (Å²) in [4.78, 5) is 15.7. The standard InChI is InChI=1S/C10H15N5O/c1-3-7(5-6-11)12-10(16)9-13-8(4-2)14-15-9/h7H,3-5H2,1-2H3,(H,12,16)(H,13,14,15). The summed E-state index contributed by atoms with van der Waals surface area (Å²) in [7, 11) is 0. The maximum Gasteiger partial charge on any atom is 0.291 e. The molecular weight excluding hydrogens is 206 g/mol. The molecule has 0 aliphatic carbocycles. The molecule has 1 atom stereocenters. The first-order valence-corrected chi connectivity index (χ1v) is 5.30. The SMILES string of the molecule is CCc1nc(C(=O)NC(CC)CC#N)n[nH]1. The number of H-pyrrole nitrogens is 1. The molecule has 1 aromatic heterocycles. The third kappa shape index (κ3) is 3.05. The van der Waals surface area contributed by atoms with E-state index in [-0.39, 0.29) is 17.8 Å². The number of nitrogens with zero attached hydrogens (tertiary/aromatic N) is 3. The maximum atomic E-state index is 11.7. The van der Waals surface area contributed by atoms with Gasteiger partial charge in [0.05, 0.1) is 12.5 Å². The van der Waals surface area contributed by atoms with Crippen molar-refractivity contribution in [3.63, 3.8) is 0 Å². The molecule has 86 valence electrons. The van der Waals surface area contributed by atoms with Crippen LogP contribution in [0.4, 0.5) is 0 Å². The van der Waals surface area contributed by atoms with E-state index in [1.165, 1.54) is 0 Å². The van der Waals surface area contributed by atoms with Gasteiger partial charge in [0, 0.05) is 12.5 Å². The normalized spacial score (nSPS) is 11.8. The van der Waals surface area contributed by atoms with Crippen molar-refractivity contribution in [2.45, 2.75) is 39.2 Å². The summed E-state index contributed by atoms with van der Waals surface area (Å²) < 4.78 is 0. The predicted molar refractivity (Wildman–Crippen MR) is 57.5 cm³/mol. The Kier molecular flexibility index (Phi) is 4.45. The first-order valence-electron chi connectivity index (χ1n) is 5.30. The van der Waals surface area contributed by atoms with Gasteiger partial charge in [-0.3, -0.25) is 9.89 Å². The van der Waals surface area contributed by atoms with Gasteiger partial charge in [0.15, 0.2) is 0 Å². The zero-order chi connectivity index (χ0) is 12.0. The fourth-order valence-corrected chi connectivity index (χ4v) is 1.21. The number of rotatable bonds is 5. The van der Waals surface area contributed by atoms with E-state index in [4.69, 9.17) is 5.26 Å². The molecule has 1 rings (SSSR count). The summed E-state index contributed by atoms with van der Waals surface area (Å²) in [5.41, 5.74) is 0. The number of nitriles is 1. The predicted octanol–water partition coefficient (Wildman–Crippen LogP) is 0.789. The first-order chi connectivity index (χ1) is 7.71. The molecule has 0 saturated carbocycles. The molecule has 0 bridgehead atoms. The number of aryl methyl sites for hydroxylation is 1. The highest BCUT2D eigenvalue weighted by Crippen LogP contribution is 1.99. The minimum absolute atomic E-state index is 0.133. The van der Waals surface area contributed by atoms with Gasteiger partial charge in [0.1, 0.15) is 5.82 Å². The zero-order valence-corrected chi connectivity index (χ0v) is 9.45. The molecule has 0 aromatic carbocycles. The summed E-state index contributed by atoms with van der Waals surface area (Å²) in [5.74, 6) is 0.477. The van der Waals surface area contributed by atoms with Crippen molar-refractivity contribution in [3.8, 4) is 6.07 Å². The molecule has 1 aromatic rings. The Hall–Kier alpha value is -1.90. The summed E-state index contributed by atoms with van der Waals surface area (Å²) in [6.07, 6.45) is 1.72. The minimum atomic E-state index is -0.335. The van der Waals surface area contributed by atoms with Crippen LogP contribution >= 0.6 is 0 Å². The number of nitrogens with one attached hydrogen (secondary N) is 2. The second-order valence-corrected chi connectivity index (χ2v) is 3.40. The molecule has 0 radical (unpaired) electrons. The van der Waals surface area contributed by atoms with Crippen LogP contribution in [0.15, 0.2) is 0 Å². The van der Waals surface area contributed by atoms with Crippen LogP contribution in [0.3, 0.4) is 0 Å². The van der Waals surface area contributed by atoms with Crippen molar-refractivity contribution in [3.05, 3.63) is 11.6 Å². The number of aromatic nitrogens is 3. The lowest BCUT2D eigenvalue weighted by atomic mass is 10.1. The Balaban J connectivity index is 2.61. The van der Waals surface area contributed by atoms with Crippen LogP contribution in [-0.4, -0.2) is 27.1 Å². The number of hydrogen-bond donors (Lipinski definition) is 2. The van der Waals surface area contributed by atoms with Crippen molar-refractivity contribution in [1.82, 2.24) is 20.5 Å². The fraction of sp³-hybridized carbons (Fsp3) is 0.600. The van der Waals surface area contributed by atoms with Gasteiger partial charge in [-0.15, -0.1) is 5.10 Å². The second-order valence-electron chi connectivity index (χ2n) is 3.40. The van der Waals surface area contributed by atoms with Gasteiger partial charge in [-0.25, -0.2) is 4.98 Å². The van der Waals surface area contributed by atoms with Crippen molar-refractivity contribution in [1.29, 1.82) is 5.26 Å². The molecule has 16 heavy (non-hydrogen) atoms. The molecule has 1 unspecified atom stereocenters. The van der Waals surface area contributed by atoms with E-state index in [1.54, 1.807) is 0 Å². The van der Waals surface area contributed by atoms with Crippen LogP contribution in [0.5, 0.6) is 0 Å². The number of carbonyl (C=O) groups excluding carboxylic acids is 1. The smallest absolute Gasteiger partial charge is 0.291 e. The average molecular weight is 221 g/mol. The van der Waals surface area contributed by atoms with E-state index < -0.39 is 0 Å². The maximum absolute atomic E-state index is 11.7. The lowest BCUT2D eigenvalue weighted by molar-refractivity contribution is 0.0926. The molecule has 0 aliphatic rings. The van der Waals surface area contributed by atoms with Gasteiger partial charge in [0.25, 0.3) is 5.91 Å². The number of aromatic amines is 1. The first kappa shape index (κ1) is 12.2. The van der Waals surface area contributed by atoms with Crippen LogP contribution in [0.1, 0.15) is 43.1 Å². The summed E-state index contributed by atoms with van der Waals surface area (Å²) in [5, 5.41) is 17.7. The number of amides is 1. The Morgan fingerprint density at radius 1 is 1.62 bits per heavy atom. The third-order valence-electron chi connectivity index (χ3n) is 2.24. The van der Waals surface area contributed by atoms with Crippen molar-refractivity contribution < 1.29 is 4.79 Å². The Labute approximate surface area is 94.1 Å². The monoisotopic (exact) mass is 221 g/mol. The van der Waals surface area contributed by atoms with Gasteiger partial charge < -0.3 is 5.32 Å². The van der Waals surface area contributed by atoms with E-state index in [2.05, 4.69) is 20.5 Å². The van der Waals surface area contributed by atoms with E-state index in [1.807, 2.05) is 19.9 Å². The van der Waals surface area contributed by atoms with Gasteiger partial charge in [-0.05, 0) is 6.42 Å². The summed E-state index contributed by atoms with van der Waals surface area (Å²) >= 11 is 0. The van der Waals surface area contributed by atoms with Crippen LogP contribution in [-0.2, 0) is 6.42 Å². The van der Waals surface area contributed by atoms with Crippen molar-refractivity contribution in [2.24, 2.45) is 0 Å². The van der Waals surface area contributed by atoms with E-state index in [0.717, 1.165) is 0 Å². The average Bonchev–Trinajstić information content (AvgIpc) is 2.76.